The molecule has 0 bridgehead atoms. The highest BCUT2D eigenvalue weighted by Gasteiger charge is 2.36. The Kier molecular flexibility index (Phi) is 3.50. The topological polar surface area (TPSA) is 60.9 Å². The first-order valence-electron chi connectivity index (χ1n) is 6.66. The van der Waals surface area contributed by atoms with Crippen LogP contribution in [0.5, 0.6) is 0 Å². The molecular weight excluding hydrogens is 232 g/mol. The summed E-state index contributed by atoms with van der Waals surface area (Å²) in [4.78, 5) is 26.9. The van der Waals surface area contributed by atoms with Gasteiger partial charge in [-0.2, -0.15) is 0 Å². The molecule has 1 atom stereocenters. The number of nitrogens with zero attached hydrogens (tertiary/aromatic N) is 2. The molecule has 0 aliphatic carbocycles. The Morgan fingerprint density at radius 1 is 1.22 bits per heavy atom. The summed E-state index contributed by atoms with van der Waals surface area (Å²) in [6.07, 6.45) is 2.50. The number of rotatable bonds is 1. The first-order chi connectivity index (χ1) is 8.39. The number of hydrogen-bond acceptors (Lipinski definition) is 2. The summed E-state index contributed by atoms with van der Waals surface area (Å²) in [7, 11) is 0. The van der Waals surface area contributed by atoms with Crippen molar-refractivity contribution in [3.05, 3.63) is 0 Å². The minimum Gasteiger partial charge on any atom is -0.481 e. The van der Waals surface area contributed by atoms with Crippen LogP contribution in [0.25, 0.3) is 0 Å². The van der Waals surface area contributed by atoms with Crippen LogP contribution in [0.2, 0.25) is 0 Å². The van der Waals surface area contributed by atoms with E-state index in [4.69, 9.17) is 5.11 Å². The Morgan fingerprint density at radius 3 is 2.50 bits per heavy atom. The molecular formula is C13H22N2O3. The highest BCUT2D eigenvalue weighted by atomic mass is 16.4. The summed E-state index contributed by atoms with van der Waals surface area (Å²) in [5.74, 6) is -1.17. The number of piperidine rings is 1. The fraction of sp³-hybridized carbons (Fsp3) is 0.846. The average molecular weight is 254 g/mol. The molecule has 1 N–H and O–H groups in total. The zero-order chi connectivity index (χ0) is 13.3. The van der Waals surface area contributed by atoms with Crippen molar-refractivity contribution < 1.29 is 14.7 Å². The lowest BCUT2D eigenvalue weighted by Crippen LogP contribution is -2.48. The number of carboxylic acids is 1. The first kappa shape index (κ1) is 13.2. The summed E-state index contributed by atoms with van der Waals surface area (Å²) >= 11 is 0. The number of amides is 2. The summed E-state index contributed by atoms with van der Waals surface area (Å²) in [5.41, 5.74) is 0.192. The second-order valence-corrected chi connectivity index (χ2v) is 6.24. The van der Waals surface area contributed by atoms with Crippen LogP contribution < -0.4 is 0 Å². The number of hydrogen-bond donors (Lipinski definition) is 1. The van der Waals surface area contributed by atoms with E-state index in [2.05, 4.69) is 13.8 Å². The highest BCUT2D eigenvalue weighted by molar-refractivity contribution is 5.77. The third-order valence-electron chi connectivity index (χ3n) is 3.99. The van der Waals surface area contributed by atoms with E-state index >= 15 is 0 Å². The average Bonchev–Trinajstić information content (AvgIpc) is 2.69. The number of carbonyl (C=O) groups excluding carboxylic acids is 1. The molecule has 0 aromatic heterocycles. The summed E-state index contributed by atoms with van der Waals surface area (Å²) < 4.78 is 0. The molecule has 0 aromatic carbocycles. The van der Waals surface area contributed by atoms with Crippen molar-refractivity contribution in [2.24, 2.45) is 11.3 Å². The molecule has 2 aliphatic rings. The van der Waals surface area contributed by atoms with Gasteiger partial charge in [0.15, 0.2) is 0 Å². The summed E-state index contributed by atoms with van der Waals surface area (Å²) in [6, 6.07) is 0.0199. The molecule has 0 unspecified atom stereocenters. The molecule has 0 saturated carbocycles. The van der Waals surface area contributed by atoms with Crippen LogP contribution in [-0.2, 0) is 4.79 Å². The molecule has 18 heavy (non-hydrogen) atoms. The largest absolute Gasteiger partial charge is 0.481 e. The maximum absolute atomic E-state index is 12.3. The molecule has 2 fully saturated rings. The van der Waals surface area contributed by atoms with Gasteiger partial charge >= 0.3 is 12.0 Å². The zero-order valence-electron chi connectivity index (χ0n) is 11.2. The van der Waals surface area contributed by atoms with Gasteiger partial charge in [0, 0.05) is 26.2 Å². The van der Waals surface area contributed by atoms with Gasteiger partial charge in [0.05, 0.1) is 5.92 Å². The van der Waals surface area contributed by atoms with Crippen LogP contribution >= 0.6 is 0 Å². The molecule has 2 saturated heterocycles. The Hall–Kier alpha value is -1.26. The fourth-order valence-electron chi connectivity index (χ4n) is 2.83. The van der Waals surface area contributed by atoms with E-state index in [1.807, 2.05) is 4.90 Å². The number of aliphatic carboxylic acids is 1. The van der Waals surface area contributed by atoms with E-state index in [9.17, 15) is 9.59 Å². The molecule has 0 aromatic rings. The predicted octanol–water partition coefficient (Wildman–Crippen LogP) is 1.63. The molecule has 5 heteroatoms. The van der Waals surface area contributed by atoms with Crippen molar-refractivity contribution in [3.8, 4) is 0 Å². The van der Waals surface area contributed by atoms with Crippen LogP contribution in [0, 0.1) is 11.3 Å². The normalized spacial score (nSPS) is 27.3. The fourth-order valence-corrected chi connectivity index (χ4v) is 2.83. The maximum atomic E-state index is 12.3. The smallest absolute Gasteiger partial charge is 0.320 e. The van der Waals surface area contributed by atoms with Crippen LogP contribution in [0.4, 0.5) is 4.79 Å². The summed E-state index contributed by atoms with van der Waals surface area (Å²) in [5, 5.41) is 9.03. The molecule has 5 nitrogen and oxygen atoms in total. The lowest BCUT2D eigenvalue weighted by Gasteiger charge is -2.34. The second-order valence-electron chi connectivity index (χ2n) is 6.24. The third kappa shape index (κ3) is 2.76. The van der Waals surface area contributed by atoms with Crippen LogP contribution in [0.15, 0.2) is 0 Å². The standard InChI is InChI=1S/C13H22N2O3/c1-13(2)5-7-15(9-13)12(18)14-6-3-4-10(8-14)11(16)17/h10H,3-9H2,1-2H3,(H,16,17)/t10-/m0/s1. The molecule has 0 radical (unpaired) electrons. The molecule has 102 valence electrons. The quantitative estimate of drug-likeness (QED) is 0.773. The van der Waals surface area contributed by atoms with Gasteiger partial charge < -0.3 is 14.9 Å². The van der Waals surface area contributed by atoms with Gasteiger partial charge in [-0.15, -0.1) is 0 Å². The van der Waals surface area contributed by atoms with Gasteiger partial charge in [-0.05, 0) is 24.7 Å². The molecule has 2 amide bonds. The number of likely N-dealkylation sites (tertiary alicyclic amines) is 2. The number of carboxylic acid groups (broad SMARTS) is 1. The zero-order valence-corrected chi connectivity index (χ0v) is 11.2. The highest BCUT2D eigenvalue weighted by Crippen LogP contribution is 2.30. The summed E-state index contributed by atoms with van der Waals surface area (Å²) in [6.45, 7) is 6.96. The van der Waals surface area contributed by atoms with Gasteiger partial charge in [0.1, 0.15) is 0 Å². The maximum Gasteiger partial charge on any atom is 0.320 e. The van der Waals surface area contributed by atoms with E-state index < -0.39 is 11.9 Å². The molecule has 2 heterocycles. The van der Waals surface area contributed by atoms with Crippen molar-refractivity contribution >= 4 is 12.0 Å². The Balaban J connectivity index is 1.95. The van der Waals surface area contributed by atoms with E-state index in [1.165, 1.54) is 0 Å². The number of urea groups is 1. The second kappa shape index (κ2) is 4.78. The third-order valence-corrected chi connectivity index (χ3v) is 3.99. The van der Waals surface area contributed by atoms with Crippen molar-refractivity contribution in [2.75, 3.05) is 26.2 Å². The monoisotopic (exact) mass is 254 g/mol. The lowest BCUT2D eigenvalue weighted by molar-refractivity contribution is -0.143. The Labute approximate surface area is 108 Å². The Morgan fingerprint density at radius 2 is 1.94 bits per heavy atom. The lowest BCUT2D eigenvalue weighted by atomic mass is 9.93. The first-order valence-corrected chi connectivity index (χ1v) is 6.66. The predicted molar refractivity (Wildman–Crippen MR) is 67.3 cm³/mol. The van der Waals surface area contributed by atoms with E-state index in [0.717, 1.165) is 25.9 Å². The van der Waals surface area contributed by atoms with Crippen molar-refractivity contribution in [1.82, 2.24) is 9.80 Å². The number of carbonyl (C=O) groups is 2. The van der Waals surface area contributed by atoms with Gasteiger partial charge in [-0.25, -0.2) is 4.79 Å². The molecule has 2 rings (SSSR count). The van der Waals surface area contributed by atoms with Gasteiger partial charge in [0.2, 0.25) is 0 Å². The molecule has 0 spiro atoms. The van der Waals surface area contributed by atoms with Gasteiger partial charge in [-0.3, -0.25) is 4.79 Å². The van der Waals surface area contributed by atoms with E-state index in [1.54, 1.807) is 4.90 Å². The van der Waals surface area contributed by atoms with Crippen molar-refractivity contribution in [3.63, 3.8) is 0 Å². The van der Waals surface area contributed by atoms with Crippen molar-refractivity contribution in [2.45, 2.75) is 33.1 Å². The van der Waals surface area contributed by atoms with Gasteiger partial charge in [-0.1, -0.05) is 13.8 Å². The van der Waals surface area contributed by atoms with E-state index in [-0.39, 0.29) is 11.4 Å². The van der Waals surface area contributed by atoms with Crippen LogP contribution in [0.1, 0.15) is 33.1 Å². The molecule has 2 aliphatic heterocycles. The minimum atomic E-state index is -0.783. The SMILES string of the molecule is CC1(C)CCN(C(=O)N2CCC[C@H](C(=O)O)C2)C1. The minimum absolute atomic E-state index is 0.0199. The Bertz CT molecular complexity index is 354. The van der Waals surface area contributed by atoms with E-state index in [0.29, 0.717) is 19.5 Å². The van der Waals surface area contributed by atoms with Crippen LogP contribution in [0.3, 0.4) is 0 Å². The van der Waals surface area contributed by atoms with Crippen LogP contribution in [-0.4, -0.2) is 53.1 Å². The van der Waals surface area contributed by atoms with Crippen molar-refractivity contribution in [1.29, 1.82) is 0 Å². The van der Waals surface area contributed by atoms with Gasteiger partial charge in [0.25, 0.3) is 0 Å².